The first-order chi connectivity index (χ1) is 12.0. The Morgan fingerprint density at radius 1 is 1.28 bits per heavy atom. The van der Waals surface area contributed by atoms with Gasteiger partial charge in [-0.3, -0.25) is 14.3 Å². The van der Waals surface area contributed by atoms with Crippen molar-refractivity contribution in [2.75, 3.05) is 13.1 Å². The molecule has 2 aliphatic rings. The zero-order valence-electron chi connectivity index (χ0n) is 14.3. The molecule has 1 aromatic heterocycles. The Labute approximate surface area is 145 Å². The molecule has 2 amide bonds. The number of benzene rings is 1. The van der Waals surface area contributed by atoms with Crippen molar-refractivity contribution in [3.05, 3.63) is 47.3 Å². The largest absolute Gasteiger partial charge is 0.467 e. The Morgan fingerprint density at radius 3 is 2.68 bits per heavy atom. The summed E-state index contributed by atoms with van der Waals surface area (Å²) in [5, 5.41) is 7.22. The summed E-state index contributed by atoms with van der Waals surface area (Å²) < 4.78 is 7.75. The minimum absolute atomic E-state index is 0.0250. The maximum absolute atomic E-state index is 12.7. The SMILES string of the molecule is Cc1nn(C)cc1C(=O)N1CCC2(CC1)NC(=O)c1ccccc1O2. The second-order valence-electron chi connectivity index (χ2n) is 6.64. The number of para-hydroxylation sites is 1. The third-order valence-electron chi connectivity index (χ3n) is 4.88. The molecular formula is C18H20N4O3. The quantitative estimate of drug-likeness (QED) is 0.853. The van der Waals surface area contributed by atoms with Crippen molar-refractivity contribution in [2.45, 2.75) is 25.5 Å². The topological polar surface area (TPSA) is 76.5 Å². The van der Waals surface area contributed by atoms with Crippen molar-refractivity contribution in [3.63, 3.8) is 0 Å². The van der Waals surface area contributed by atoms with E-state index in [1.54, 1.807) is 28.9 Å². The Hall–Kier alpha value is -2.83. The highest BCUT2D eigenvalue weighted by Crippen LogP contribution is 2.33. The zero-order chi connectivity index (χ0) is 17.6. The maximum atomic E-state index is 12.7. The van der Waals surface area contributed by atoms with Crippen molar-refractivity contribution < 1.29 is 14.3 Å². The molecule has 4 rings (SSSR count). The van der Waals surface area contributed by atoms with Crippen LogP contribution in [0.3, 0.4) is 0 Å². The minimum Gasteiger partial charge on any atom is -0.467 e. The molecule has 0 bridgehead atoms. The number of aromatic nitrogens is 2. The molecule has 25 heavy (non-hydrogen) atoms. The molecule has 0 radical (unpaired) electrons. The molecule has 1 saturated heterocycles. The summed E-state index contributed by atoms with van der Waals surface area (Å²) in [5.41, 5.74) is 1.17. The number of rotatable bonds is 1. The summed E-state index contributed by atoms with van der Waals surface area (Å²) in [7, 11) is 1.80. The van der Waals surface area contributed by atoms with Crippen LogP contribution in [0.5, 0.6) is 5.75 Å². The Balaban J connectivity index is 1.49. The Morgan fingerprint density at radius 2 is 2.00 bits per heavy atom. The first-order valence-electron chi connectivity index (χ1n) is 8.37. The van der Waals surface area contributed by atoms with Gasteiger partial charge in [-0.2, -0.15) is 5.10 Å². The van der Waals surface area contributed by atoms with E-state index in [9.17, 15) is 9.59 Å². The fourth-order valence-electron chi connectivity index (χ4n) is 3.53. The van der Waals surface area contributed by atoms with E-state index in [1.165, 1.54) is 0 Å². The van der Waals surface area contributed by atoms with E-state index < -0.39 is 5.72 Å². The van der Waals surface area contributed by atoms with Gasteiger partial charge in [0.2, 0.25) is 0 Å². The lowest BCUT2D eigenvalue weighted by molar-refractivity contribution is -0.0245. The van der Waals surface area contributed by atoms with Crippen LogP contribution < -0.4 is 10.1 Å². The van der Waals surface area contributed by atoms with E-state index in [1.807, 2.05) is 25.1 Å². The highest BCUT2D eigenvalue weighted by molar-refractivity contribution is 5.98. The number of likely N-dealkylation sites (tertiary alicyclic amines) is 1. The van der Waals surface area contributed by atoms with Crippen LogP contribution in [-0.2, 0) is 7.05 Å². The zero-order valence-corrected chi connectivity index (χ0v) is 14.3. The highest BCUT2D eigenvalue weighted by atomic mass is 16.5. The number of aryl methyl sites for hydroxylation is 2. The van der Waals surface area contributed by atoms with Crippen LogP contribution >= 0.6 is 0 Å². The van der Waals surface area contributed by atoms with Crippen molar-refractivity contribution >= 4 is 11.8 Å². The number of nitrogens with zero attached hydrogens (tertiary/aromatic N) is 3. The number of carbonyl (C=O) groups is 2. The van der Waals surface area contributed by atoms with Crippen LogP contribution in [0.2, 0.25) is 0 Å². The lowest BCUT2D eigenvalue weighted by Gasteiger charge is -2.44. The Bertz CT molecular complexity index is 850. The molecule has 3 heterocycles. The van der Waals surface area contributed by atoms with Crippen LogP contribution in [0.15, 0.2) is 30.5 Å². The third kappa shape index (κ3) is 2.65. The number of ether oxygens (including phenoxy) is 1. The molecule has 0 saturated carbocycles. The molecule has 1 fully saturated rings. The third-order valence-corrected chi connectivity index (χ3v) is 4.88. The summed E-state index contributed by atoms with van der Waals surface area (Å²) in [6.07, 6.45) is 2.85. The maximum Gasteiger partial charge on any atom is 0.258 e. The number of carbonyl (C=O) groups excluding carboxylic acids is 2. The molecule has 2 aliphatic heterocycles. The van der Waals surface area contributed by atoms with Gasteiger partial charge in [0.1, 0.15) is 5.75 Å². The van der Waals surface area contributed by atoms with Gasteiger partial charge in [0, 0.05) is 39.2 Å². The molecule has 2 aromatic rings. The second kappa shape index (κ2) is 5.61. The number of hydrogen-bond acceptors (Lipinski definition) is 4. The van der Waals surface area contributed by atoms with Gasteiger partial charge in [-0.25, -0.2) is 0 Å². The standard InChI is InChI=1S/C18H20N4O3/c1-12-14(11-21(2)20-12)17(24)22-9-7-18(8-10-22)19-16(23)13-5-3-4-6-15(13)25-18/h3-6,11H,7-10H2,1-2H3,(H,19,23). The minimum atomic E-state index is -0.730. The van der Waals surface area contributed by atoms with Gasteiger partial charge in [0.05, 0.1) is 16.8 Å². The molecule has 1 N–H and O–H groups in total. The average Bonchev–Trinajstić information content (AvgIpc) is 2.93. The van der Waals surface area contributed by atoms with E-state index in [-0.39, 0.29) is 11.8 Å². The molecule has 1 spiro atoms. The van der Waals surface area contributed by atoms with E-state index in [4.69, 9.17) is 4.74 Å². The van der Waals surface area contributed by atoms with Gasteiger partial charge in [-0.1, -0.05) is 12.1 Å². The van der Waals surface area contributed by atoms with Crippen LogP contribution in [0.1, 0.15) is 39.3 Å². The highest BCUT2D eigenvalue weighted by Gasteiger charge is 2.43. The first kappa shape index (κ1) is 15.7. The summed E-state index contributed by atoms with van der Waals surface area (Å²) in [4.78, 5) is 26.9. The van der Waals surface area contributed by atoms with Gasteiger partial charge in [0.25, 0.3) is 11.8 Å². The molecule has 130 valence electrons. The van der Waals surface area contributed by atoms with Crippen LogP contribution in [-0.4, -0.2) is 45.3 Å². The predicted molar refractivity (Wildman–Crippen MR) is 90.3 cm³/mol. The van der Waals surface area contributed by atoms with Crippen LogP contribution in [0.25, 0.3) is 0 Å². The van der Waals surface area contributed by atoms with Crippen molar-refractivity contribution in [1.29, 1.82) is 0 Å². The molecule has 0 unspecified atom stereocenters. The van der Waals surface area contributed by atoms with Crippen LogP contribution in [0, 0.1) is 6.92 Å². The van der Waals surface area contributed by atoms with E-state index in [0.717, 1.165) is 5.69 Å². The lowest BCUT2D eigenvalue weighted by Crippen LogP contribution is -2.61. The average molecular weight is 340 g/mol. The van der Waals surface area contributed by atoms with Gasteiger partial charge in [0.15, 0.2) is 5.72 Å². The number of amides is 2. The smallest absolute Gasteiger partial charge is 0.258 e. The van der Waals surface area contributed by atoms with Crippen molar-refractivity contribution in [3.8, 4) is 5.75 Å². The number of fused-ring (bicyclic) bond motifs is 1. The van der Waals surface area contributed by atoms with E-state index in [2.05, 4.69) is 10.4 Å². The lowest BCUT2D eigenvalue weighted by atomic mass is 9.96. The molecule has 7 heteroatoms. The van der Waals surface area contributed by atoms with Gasteiger partial charge < -0.3 is 15.0 Å². The fraction of sp³-hybridized carbons (Fsp3) is 0.389. The number of piperidine rings is 1. The summed E-state index contributed by atoms with van der Waals surface area (Å²) in [6, 6.07) is 7.24. The van der Waals surface area contributed by atoms with Gasteiger partial charge in [-0.15, -0.1) is 0 Å². The normalized spacial score (nSPS) is 18.5. The first-order valence-corrected chi connectivity index (χ1v) is 8.37. The van der Waals surface area contributed by atoms with Crippen molar-refractivity contribution in [1.82, 2.24) is 20.0 Å². The summed E-state index contributed by atoms with van der Waals surface area (Å²) in [5.74, 6) is 0.460. The fourth-order valence-corrected chi connectivity index (χ4v) is 3.53. The van der Waals surface area contributed by atoms with Gasteiger partial charge in [-0.05, 0) is 19.1 Å². The molecule has 1 aromatic carbocycles. The summed E-state index contributed by atoms with van der Waals surface area (Å²) in [6.45, 7) is 2.88. The van der Waals surface area contributed by atoms with Gasteiger partial charge >= 0.3 is 0 Å². The summed E-state index contributed by atoms with van der Waals surface area (Å²) >= 11 is 0. The second-order valence-corrected chi connectivity index (χ2v) is 6.64. The molecular weight excluding hydrogens is 320 g/mol. The number of hydrogen-bond donors (Lipinski definition) is 1. The number of nitrogens with one attached hydrogen (secondary N) is 1. The van der Waals surface area contributed by atoms with E-state index in [0.29, 0.717) is 42.8 Å². The molecule has 0 aliphatic carbocycles. The van der Waals surface area contributed by atoms with Crippen molar-refractivity contribution in [2.24, 2.45) is 7.05 Å². The Kier molecular flexibility index (Phi) is 3.52. The molecule has 0 atom stereocenters. The van der Waals surface area contributed by atoms with E-state index >= 15 is 0 Å². The monoisotopic (exact) mass is 340 g/mol. The molecule has 7 nitrogen and oxygen atoms in total. The predicted octanol–water partition coefficient (Wildman–Crippen LogP) is 1.48. The van der Waals surface area contributed by atoms with Crippen LogP contribution in [0.4, 0.5) is 0 Å².